The Morgan fingerprint density at radius 2 is 1.81 bits per heavy atom. The Balaban J connectivity index is 0.000000758. The summed E-state index contributed by atoms with van der Waals surface area (Å²) in [7, 11) is 1.41. The second kappa shape index (κ2) is 9.81. The van der Waals surface area contributed by atoms with Crippen molar-refractivity contribution in [3.05, 3.63) is 70.8 Å². The molecule has 26 heavy (non-hydrogen) atoms. The van der Waals surface area contributed by atoms with Crippen LogP contribution in [0.15, 0.2) is 48.5 Å². The van der Waals surface area contributed by atoms with Gasteiger partial charge in [0.2, 0.25) is 0 Å². The summed E-state index contributed by atoms with van der Waals surface area (Å²) < 4.78 is 4.75. The van der Waals surface area contributed by atoms with Crippen LogP contribution in [0.3, 0.4) is 0 Å². The number of phenols is 1. The van der Waals surface area contributed by atoms with Crippen molar-refractivity contribution in [3.63, 3.8) is 0 Å². The van der Waals surface area contributed by atoms with E-state index in [1.54, 1.807) is 12.1 Å². The number of carbonyl (C=O) groups is 1. The van der Waals surface area contributed by atoms with Crippen molar-refractivity contribution in [1.82, 2.24) is 0 Å². The molecule has 1 N–H and O–H groups in total. The van der Waals surface area contributed by atoms with E-state index < -0.39 is 0 Å². The molecule has 2 aromatic rings. The Morgan fingerprint density at radius 1 is 1.12 bits per heavy atom. The molecule has 0 spiro atoms. The number of rotatable bonds is 3. The van der Waals surface area contributed by atoms with Gasteiger partial charge in [-0.2, -0.15) is 0 Å². The van der Waals surface area contributed by atoms with E-state index in [-0.39, 0.29) is 11.7 Å². The zero-order chi connectivity index (χ0) is 18.9. The number of phenolic OH excluding ortho intramolecular Hbond substituents is 1. The van der Waals surface area contributed by atoms with Crippen LogP contribution >= 0.6 is 0 Å². The summed E-state index contributed by atoms with van der Waals surface area (Å²) in [6.45, 7) is 4.25. The molecule has 1 aliphatic carbocycles. The van der Waals surface area contributed by atoms with Gasteiger partial charge in [-0.15, -0.1) is 0 Å². The summed E-state index contributed by atoms with van der Waals surface area (Å²) >= 11 is 0. The van der Waals surface area contributed by atoms with Gasteiger partial charge < -0.3 is 9.84 Å². The van der Waals surface area contributed by atoms with E-state index in [4.69, 9.17) is 4.74 Å². The first-order chi connectivity index (χ1) is 12.6. The van der Waals surface area contributed by atoms with Gasteiger partial charge in [0.25, 0.3) is 0 Å². The largest absolute Gasteiger partial charge is 0.508 e. The molecule has 0 saturated heterocycles. The van der Waals surface area contributed by atoms with Crippen molar-refractivity contribution < 1.29 is 14.6 Å². The lowest BCUT2D eigenvalue weighted by molar-refractivity contribution is -0.139. The van der Waals surface area contributed by atoms with Crippen LogP contribution in [0.5, 0.6) is 5.75 Å². The highest BCUT2D eigenvalue weighted by Gasteiger charge is 2.14. The number of hydrogen-bond acceptors (Lipinski definition) is 3. The number of aryl methyl sites for hydroxylation is 1. The fraction of sp³-hybridized carbons (Fsp3) is 0.348. The minimum absolute atomic E-state index is 0.215. The molecule has 138 valence electrons. The van der Waals surface area contributed by atoms with Crippen LogP contribution in [0.4, 0.5) is 0 Å². The Bertz CT molecular complexity index is 758. The van der Waals surface area contributed by atoms with E-state index in [1.165, 1.54) is 30.2 Å². The first kappa shape index (κ1) is 19.8. The lowest BCUT2D eigenvalue weighted by Crippen LogP contribution is -2.05. The highest BCUT2D eigenvalue weighted by atomic mass is 16.5. The number of hydrogen-bond donors (Lipinski definition) is 1. The summed E-state index contributed by atoms with van der Waals surface area (Å²) in [5.74, 6) is 0.0597. The molecular weight excluding hydrogens is 324 g/mol. The maximum absolute atomic E-state index is 11.5. The average molecular weight is 352 g/mol. The van der Waals surface area contributed by atoms with E-state index in [1.807, 2.05) is 18.2 Å². The van der Waals surface area contributed by atoms with Crippen molar-refractivity contribution in [1.29, 1.82) is 0 Å². The molecule has 2 aromatic carbocycles. The maximum atomic E-state index is 11.5. The summed E-state index contributed by atoms with van der Waals surface area (Å²) in [4.78, 5) is 11.5. The van der Waals surface area contributed by atoms with Crippen molar-refractivity contribution in [3.8, 4) is 5.75 Å². The number of allylic oxidation sites excluding steroid dienone is 1. The van der Waals surface area contributed by atoms with E-state index >= 15 is 0 Å². The summed E-state index contributed by atoms with van der Waals surface area (Å²) in [5, 5.41) is 9.49. The molecule has 1 aliphatic rings. The molecule has 0 unspecified atom stereocenters. The predicted molar refractivity (Wildman–Crippen MR) is 106 cm³/mol. The standard InChI is InChI=1S/C20H20O3.C3H8/c1-23-20(22)13-14-6-11-19-16(12-14)4-2-3-5-18(19)15-7-9-17(21)10-8-15;1-3-2/h5-12,21H,2-4,13H2,1H3;3H2,1-2H3. The first-order valence-corrected chi connectivity index (χ1v) is 9.27. The number of benzene rings is 2. The van der Waals surface area contributed by atoms with E-state index in [2.05, 4.69) is 32.1 Å². The van der Waals surface area contributed by atoms with Crippen LogP contribution in [0.25, 0.3) is 5.57 Å². The molecule has 0 aromatic heterocycles. The van der Waals surface area contributed by atoms with Crippen LogP contribution in [0.1, 0.15) is 55.4 Å². The highest BCUT2D eigenvalue weighted by Crippen LogP contribution is 2.32. The minimum Gasteiger partial charge on any atom is -0.508 e. The number of aromatic hydroxyl groups is 1. The molecule has 3 rings (SSSR count). The maximum Gasteiger partial charge on any atom is 0.309 e. The molecule has 0 aliphatic heterocycles. The van der Waals surface area contributed by atoms with Crippen LogP contribution in [0.2, 0.25) is 0 Å². The smallest absolute Gasteiger partial charge is 0.309 e. The molecule has 0 bridgehead atoms. The summed E-state index contributed by atoms with van der Waals surface area (Å²) in [5.41, 5.74) is 5.77. The van der Waals surface area contributed by atoms with Crippen LogP contribution in [-0.4, -0.2) is 18.2 Å². The molecule has 0 saturated carbocycles. The molecule has 0 amide bonds. The highest BCUT2D eigenvalue weighted by molar-refractivity contribution is 5.82. The third kappa shape index (κ3) is 5.22. The predicted octanol–water partition coefficient (Wildman–Crippen LogP) is 5.29. The molecule has 0 heterocycles. The lowest BCUT2D eigenvalue weighted by Gasteiger charge is -2.13. The normalized spacial score (nSPS) is 12.8. The van der Waals surface area contributed by atoms with Crippen LogP contribution < -0.4 is 0 Å². The van der Waals surface area contributed by atoms with Gasteiger partial charge in [-0.25, -0.2) is 0 Å². The van der Waals surface area contributed by atoms with E-state index in [0.29, 0.717) is 6.42 Å². The van der Waals surface area contributed by atoms with Gasteiger partial charge in [0.15, 0.2) is 0 Å². The molecular formula is C23H28O3. The third-order valence-electron chi connectivity index (χ3n) is 4.21. The van der Waals surface area contributed by atoms with Crippen LogP contribution in [0, 0.1) is 0 Å². The molecule has 3 nitrogen and oxygen atoms in total. The van der Waals surface area contributed by atoms with E-state index in [9.17, 15) is 9.90 Å². The van der Waals surface area contributed by atoms with Gasteiger partial charge in [0.1, 0.15) is 5.75 Å². The van der Waals surface area contributed by atoms with Crippen molar-refractivity contribution in [2.24, 2.45) is 0 Å². The molecule has 0 fully saturated rings. The van der Waals surface area contributed by atoms with Crippen molar-refractivity contribution in [2.75, 3.05) is 7.11 Å². The molecule has 0 radical (unpaired) electrons. The van der Waals surface area contributed by atoms with Gasteiger partial charge in [-0.05, 0) is 59.2 Å². The Morgan fingerprint density at radius 3 is 2.46 bits per heavy atom. The quantitative estimate of drug-likeness (QED) is 0.763. The number of esters is 1. The molecule has 0 atom stereocenters. The van der Waals surface area contributed by atoms with Gasteiger partial charge in [0.05, 0.1) is 13.5 Å². The van der Waals surface area contributed by atoms with Gasteiger partial charge >= 0.3 is 5.97 Å². The lowest BCUT2D eigenvalue weighted by atomic mass is 9.92. The molecule has 3 heteroatoms. The second-order valence-corrected chi connectivity index (χ2v) is 6.51. The van der Waals surface area contributed by atoms with Gasteiger partial charge in [-0.3, -0.25) is 4.79 Å². The van der Waals surface area contributed by atoms with Gasteiger partial charge in [0, 0.05) is 0 Å². The first-order valence-electron chi connectivity index (χ1n) is 9.27. The topological polar surface area (TPSA) is 46.5 Å². The number of ether oxygens (including phenoxy) is 1. The number of methoxy groups -OCH3 is 1. The summed E-state index contributed by atoms with van der Waals surface area (Å²) in [6, 6.07) is 13.5. The Kier molecular flexibility index (Phi) is 7.46. The second-order valence-electron chi connectivity index (χ2n) is 6.51. The summed E-state index contributed by atoms with van der Waals surface area (Å²) in [6.07, 6.45) is 6.94. The Labute approximate surface area is 156 Å². The zero-order valence-corrected chi connectivity index (χ0v) is 15.9. The van der Waals surface area contributed by atoms with Gasteiger partial charge in [-0.1, -0.05) is 56.7 Å². The third-order valence-corrected chi connectivity index (χ3v) is 4.21. The average Bonchev–Trinajstić information content (AvgIpc) is 2.85. The van der Waals surface area contributed by atoms with Crippen molar-refractivity contribution in [2.45, 2.75) is 46.0 Å². The number of carbonyl (C=O) groups excluding carboxylic acids is 1. The van der Waals surface area contributed by atoms with Crippen molar-refractivity contribution >= 4 is 11.5 Å². The zero-order valence-electron chi connectivity index (χ0n) is 15.9. The fourth-order valence-corrected chi connectivity index (χ4v) is 3.03. The minimum atomic E-state index is -0.215. The number of fused-ring (bicyclic) bond motifs is 1. The SMILES string of the molecule is CCC.COC(=O)Cc1ccc2c(c1)CCCC=C2c1ccc(O)cc1. The Hall–Kier alpha value is -2.55. The van der Waals surface area contributed by atoms with E-state index in [0.717, 1.165) is 30.4 Å². The van der Waals surface area contributed by atoms with Crippen LogP contribution in [-0.2, 0) is 22.4 Å². The monoisotopic (exact) mass is 352 g/mol. The fourth-order valence-electron chi connectivity index (χ4n) is 3.03.